The van der Waals surface area contributed by atoms with Crippen molar-refractivity contribution in [3.63, 3.8) is 0 Å². The maximum atomic E-state index is 13.0. The second kappa shape index (κ2) is 7.44. The number of para-hydroxylation sites is 1. The number of carbonyl (C=O) groups excluding carboxylic acids is 1. The minimum atomic E-state index is -1.00. The summed E-state index contributed by atoms with van der Waals surface area (Å²) in [5.41, 5.74) is 2.65. The zero-order chi connectivity index (χ0) is 19.7. The lowest BCUT2D eigenvalue weighted by atomic mass is 10.0. The molecule has 1 aromatic carbocycles. The van der Waals surface area contributed by atoms with Gasteiger partial charge in [-0.15, -0.1) is 11.3 Å². The van der Waals surface area contributed by atoms with Crippen LogP contribution in [0.25, 0.3) is 10.9 Å². The highest BCUT2D eigenvalue weighted by Gasteiger charge is 2.21. The van der Waals surface area contributed by atoms with E-state index < -0.39 is 12.0 Å². The second-order valence-corrected chi connectivity index (χ2v) is 7.76. The van der Waals surface area contributed by atoms with Crippen LogP contribution in [0.1, 0.15) is 69.2 Å². The molecule has 2 heterocycles. The molecule has 1 amide bonds. The number of carbonyl (C=O) groups is 2. The predicted molar refractivity (Wildman–Crippen MR) is 106 cm³/mol. The molecule has 1 unspecified atom stereocenters. The Labute approximate surface area is 161 Å². The van der Waals surface area contributed by atoms with Crippen molar-refractivity contribution in [2.45, 2.75) is 39.7 Å². The number of thiazole rings is 1. The number of aromatic nitrogens is 2. The number of nitrogens with zero attached hydrogens (tertiary/aromatic N) is 2. The molecule has 0 saturated heterocycles. The highest BCUT2D eigenvalue weighted by molar-refractivity contribution is 7.13. The van der Waals surface area contributed by atoms with Crippen LogP contribution in [0, 0.1) is 6.92 Å². The van der Waals surface area contributed by atoms with Gasteiger partial charge in [-0.1, -0.05) is 32.0 Å². The van der Waals surface area contributed by atoms with E-state index in [9.17, 15) is 14.7 Å². The summed E-state index contributed by atoms with van der Waals surface area (Å²) in [7, 11) is 0. The van der Waals surface area contributed by atoms with Crippen LogP contribution >= 0.6 is 11.3 Å². The van der Waals surface area contributed by atoms with Crippen molar-refractivity contribution in [3.05, 3.63) is 57.2 Å². The minimum Gasteiger partial charge on any atom is -0.477 e. The molecule has 0 aliphatic carbocycles. The third-order valence-corrected chi connectivity index (χ3v) is 5.63. The first kappa shape index (κ1) is 19.0. The van der Waals surface area contributed by atoms with Gasteiger partial charge >= 0.3 is 5.97 Å². The normalized spacial score (nSPS) is 12.3. The lowest BCUT2D eigenvalue weighted by molar-refractivity contribution is 0.0701. The van der Waals surface area contributed by atoms with Gasteiger partial charge < -0.3 is 10.4 Å². The molecule has 2 aromatic heterocycles. The first-order valence-electron chi connectivity index (χ1n) is 8.69. The van der Waals surface area contributed by atoms with Crippen molar-refractivity contribution < 1.29 is 14.7 Å². The summed E-state index contributed by atoms with van der Waals surface area (Å²) in [6, 6.07) is 8.97. The minimum absolute atomic E-state index is 0.193. The summed E-state index contributed by atoms with van der Waals surface area (Å²) in [6.45, 7) is 7.53. The van der Waals surface area contributed by atoms with E-state index in [1.807, 2.05) is 44.2 Å². The molecular weight excluding hydrogens is 362 g/mol. The molecule has 0 spiro atoms. The number of carboxylic acids is 1. The number of pyridine rings is 1. The van der Waals surface area contributed by atoms with Gasteiger partial charge in [-0.25, -0.2) is 9.78 Å². The Bertz CT molecular complexity index is 1030. The topological polar surface area (TPSA) is 92.2 Å². The van der Waals surface area contributed by atoms with Gasteiger partial charge in [-0.05, 0) is 31.9 Å². The largest absolute Gasteiger partial charge is 0.477 e. The number of hydrogen-bond acceptors (Lipinski definition) is 5. The van der Waals surface area contributed by atoms with E-state index in [0.29, 0.717) is 16.3 Å². The van der Waals surface area contributed by atoms with Gasteiger partial charge in [-0.3, -0.25) is 9.78 Å². The molecular formula is C20H21N3O3S. The van der Waals surface area contributed by atoms with Crippen LogP contribution in [0.5, 0.6) is 0 Å². The quantitative estimate of drug-likeness (QED) is 0.685. The first-order chi connectivity index (χ1) is 12.8. The number of carboxylic acid groups (broad SMARTS) is 1. The molecule has 140 valence electrons. The molecule has 0 fully saturated rings. The molecule has 0 bridgehead atoms. The molecule has 0 aliphatic heterocycles. The fraction of sp³-hybridized carbons (Fsp3) is 0.300. The van der Waals surface area contributed by atoms with Crippen molar-refractivity contribution in [2.75, 3.05) is 0 Å². The molecule has 6 nitrogen and oxygen atoms in total. The molecule has 3 aromatic rings. The summed E-state index contributed by atoms with van der Waals surface area (Å²) in [4.78, 5) is 33.3. The average Bonchev–Trinajstić information content (AvgIpc) is 3.02. The molecule has 2 N–H and O–H groups in total. The molecule has 1 atom stereocenters. The zero-order valence-electron chi connectivity index (χ0n) is 15.6. The molecule has 0 saturated carbocycles. The number of aromatic carboxylic acids is 1. The third-order valence-electron chi connectivity index (χ3n) is 4.30. The Morgan fingerprint density at radius 1 is 1.15 bits per heavy atom. The summed E-state index contributed by atoms with van der Waals surface area (Å²) in [5, 5.41) is 13.5. The van der Waals surface area contributed by atoms with Crippen LogP contribution in [-0.4, -0.2) is 27.0 Å². The Hall–Kier alpha value is -2.80. The van der Waals surface area contributed by atoms with Crippen LogP contribution in [0.2, 0.25) is 0 Å². The smallest absolute Gasteiger partial charge is 0.347 e. The van der Waals surface area contributed by atoms with E-state index in [0.717, 1.165) is 27.9 Å². The van der Waals surface area contributed by atoms with Crippen LogP contribution in [0.3, 0.4) is 0 Å². The Morgan fingerprint density at radius 2 is 1.85 bits per heavy atom. The number of benzene rings is 1. The fourth-order valence-corrected chi connectivity index (χ4v) is 3.72. The van der Waals surface area contributed by atoms with Gasteiger partial charge in [-0.2, -0.15) is 0 Å². The van der Waals surface area contributed by atoms with Gasteiger partial charge in [0.1, 0.15) is 9.88 Å². The average molecular weight is 383 g/mol. The lowest BCUT2D eigenvalue weighted by Crippen LogP contribution is -2.27. The highest BCUT2D eigenvalue weighted by atomic mass is 32.1. The van der Waals surface area contributed by atoms with Gasteiger partial charge in [0.2, 0.25) is 0 Å². The maximum absolute atomic E-state index is 13.0. The molecule has 0 radical (unpaired) electrons. The van der Waals surface area contributed by atoms with Crippen molar-refractivity contribution in [1.82, 2.24) is 15.3 Å². The first-order valence-corrected chi connectivity index (χ1v) is 9.50. The van der Waals surface area contributed by atoms with Crippen molar-refractivity contribution >= 4 is 34.1 Å². The molecule has 27 heavy (non-hydrogen) atoms. The summed E-state index contributed by atoms with van der Waals surface area (Å²) in [5.74, 6) is -1.04. The maximum Gasteiger partial charge on any atom is 0.347 e. The van der Waals surface area contributed by atoms with Crippen molar-refractivity contribution in [1.29, 1.82) is 0 Å². The van der Waals surface area contributed by atoms with Crippen molar-refractivity contribution in [3.8, 4) is 0 Å². The second-order valence-electron chi connectivity index (χ2n) is 6.73. The number of hydrogen-bond donors (Lipinski definition) is 2. The molecule has 0 aliphatic rings. The lowest BCUT2D eigenvalue weighted by Gasteiger charge is -2.15. The van der Waals surface area contributed by atoms with Gasteiger partial charge in [0.25, 0.3) is 5.91 Å². The van der Waals surface area contributed by atoms with E-state index in [1.165, 1.54) is 0 Å². The van der Waals surface area contributed by atoms with Crippen LogP contribution < -0.4 is 5.32 Å². The summed E-state index contributed by atoms with van der Waals surface area (Å²) >= 11 is 1.09. The van der Waals surface area contributed by atoms with E-state index >= 15 is 0 Å². The Morgan fingerprint density at radius 3 is 2.48 bits per heavy atom. The molecule has 7 heteroatoms. The fourth-order valence-electron chi connectivity index (χ4n) is 2.82. The highest BCUT2D eigenvalue weighted by Crippen LogP contribution is 2.26. The van der Waals surface area contributed by atoms with E-state index in [4.69, 9.17) is 0 Å². The number of nitrogens with one attached hydrogen (secondary N) is 1. The number of amides is 1. The third kappa shape index (κ3) is 3.83. The van der Waals surface area contributed by atoms with Crippen molar-refractivity contribution in [2.24, 2.45) is 0 Å². The Balaban J connectivity index is 1.94. The predicted octanol–water partition coefficient (Wildman–Crippen LogP) is 4.31. The van der Waals surface area contributed by atoms with Crippen LogP contribution in [0.15, 0.2) is 30.3 Å². The monoisotopic (exact) mass is 383 g/mol. The number of fused-ring (bicyclic) bond motifs is 1. The zero-order valence-corrected chi connectivity index (χ0v) is 16.4. The number of aryl methyl sites for hydroxylation is 1. The van der Waals surface area contributed by atoms with Crippen LogP contribution in [-0.2, 0) is 0 Å². The van der Waals surface area contributed by atoms with Crippen LogP contribution in [0.4, 0.5) is 0 Å². The standard InChI is InChI=1S/C20H21N3O3S/c1-10(2)16-9-14(13-7-5-6-8-15(13)23-16)18(24)21-12(4)19-22-11(3)17(27-19)20(25)26/h5-10,12H,1-4H3,(H,21,24)(H,25,26). The van der Waals surface area contributed by atoms with Gasteiger partial charge in [0.15, 0.2) is 0 Å². The van der Waals surface area contributed by atoms with E-state index in [1.54, 1.807) is 13.8 Å². The SMILES string of the molecule is Cc1nc(C(C)NC(=O)c2cc(C(C)C)nc3ccccc23)sc1C(=O)O. The summed E-state index contributed by atoms with van der Waals surface area (Å²) in [6.07, 6.45) is 0. The Kier molecular flexibility index (Phi) is 5.23. The number of rotatable bonds is 5. The molecule has 3 rings (SSSR count). The summed E-state index contributed by atoms with van der Waals surface area (Å²) < 4.78 is 0. The van der Waals surface area contributed by atoms with Gasteiger partial charge in [0, 0.05) is 11.1 Å². The van der Waals surface area contributed by atoms with E-state index in [2.05, 4.69) is 15.3 Å². The van der Waals surface area contributed by atoms with E-state index in [-0.39, 0.29) is 16.7 Å². The van der Waals surface area contributed by atoms with Gasteiger partial charge in [0.05, 0.1) is 22.8 Å².